The van der Waals surface area contributed by atoms with Crippen molar-refractivity contribution in [3.63, 3.8) is 0 Å². The molecule has 1 fully saturated rings. The predicted molar refractivity (Wildman–Crippen MR) is 138 cm³/mol. The van der Waals surface area contributed by atoms with E-state index in [9.17, 15) is 9.90 Å². The van der Waals surface area contributed by atoms with Crippen LogP contribution in [0.4, 0.5) is 11.4 Å². The zero-order valence-electron chi connectivity index (χ0n) is 18.3. The molecule has 1 N–H and O–H groups in total. The summed E-state index contributed by atoms with van der Waals surface area (Å²) in [6.07, 6.45) is 1.83. The van der Waals surface area contributed by atoms with E-state index >= 15 is 0 Å². The molecule has 0 bridgehead atoms. The molecule has 1 saturated heterocycles. The first kappa shape index (κ1) is 22.4. The fourth-order valence-corrected chi connectivity index (χ4v) is 4.81. The Hall–Kier alpha value is -2.83. The molecule has 4 rings (SSSR count). The van der Waals surface area contributed by atoms with Crippen molar-refractivity contribution in [3.8, 4) is 5.75 Å². The molecule has 1 heterocycles. The number of halogens is 1. The number of aryl methyl sites for hydroxylation is 4. The summed E-state index contributed by atoms with van der Waals surface area (Å²) in [4.78, 5) is 20.8. The molecular formula is C26H23BrN2O2S. The van der Waals surface area contributed by atoms with E-state index in [1.807, 2.05) is 64.1 Å². The second-order valence-corrected chi connectivity index (χ2v) is 9.80. The lowest BCUT2D eigenvalue weighted by Crippen LogP contribution is -2.29. The maximum absolute atomic E-state index is 13.6. The van der Waals surface area contributed by atoms with E-state index in [0.717, 1.165) is 39.2 Å². The van der Waals surface area contributed by atoms with Crippen molar-refractivity contribution >= 4 is 56.2 Å². The van der Waals surface area contributed by atoms with Crippen LogP contribution < -0.4 is 4.90 Å². The summed E-state index contributed by atoms with van der Waals surface area (Å²) in [6.45, 7) is 8.07. The molecule has 1 amide bonds. The van der Waals surface area contributed by atoms with E-state index in [0.29, 0.717) is 14.5 Å². The molecule has 0 saturated carbocycles. The maximum Gasteiger partial charge on any atom is 0.271 e. The molecule has 4 nitrogen and oxygen atoms in total. The first-order valence-corrected chi connectivity index (χ1v) is 11.8. The van der Waals surface area contributed by atoms with Crippen LogP contribution in [-0.2, 0) is 4.79 Å². The molecule has 0 radical (unpaired) electrons. The normalized spacial score (nSPS) is 16.4. The van der Waals surface area contributed by atoms with Gasteiger partial charge in [-0.2, -0.15) is 0 Å². The van der Waals surface area contributed by atoms with Crippen molar-refractivity contribution in [2.45, 2.75) is 27.7 Å². The average molecular weight is 507 g/mol. The van der Waals surface area contributed by atoms with Gasteiger partial charge in [-0.25, -0.2) is 4.99 Å². The van der Waals surface area contributed by atoms with Crippen LogP contribution in [0.5, 0.6) is 5.75 Å². The number of aromatic hydroxyl groups is 1. The number of hydrogen-bond donors (Lipinski definition) is 1. The van der Waals surface area contributed by atoms with Crippen LogP contribution in [0.15, 0.2) is 69.0 Å². The number of anilines is 1. The first-order valence-electron chi connectivity index (χ1n) is 10.2. The molecule has 0 unspecified atom stereocenters. The minimum atomic E-state index is -0.114. The molecule has 0 spiro atoms. The minimum Gasteiger partial charge on any atom is -0.507 e. The molecule has 3 aromatic carbocycles. The predicted octanol–water partition coefficient (Wildman–Crippen LogP) is 7.20. The van der Waals surface area contributed by atoms with E-state index in [1.54, 1.807) is 23.1 Å². The Bertz CT molecular complexity index is 1300. The van der Waals surface area contributed by atoms with E-state index in [1.165, 1.54) is 11.8 Å². The average Bonchev–Trinajstić information content (AvgIpc) is 3.04. The fourth-order valence-electron chi connectivity index (χ4n) is 3.43. The third-order valence-corrected chi connectivity index (χ3v) is 6.87. The zero-order valence-corrected chi connectivity index (χ0v) is 20.7. The number of nitrogens with zero attached hydrogens (tertiary/aromatic N) is 2. The standard InChI is InChI=1S/C26H23BrN2O2S/c1-15-5-7-17(3)21(11-15)28-26-29(22-12-16(2)6-8-18(22)4)25(31)24(32-26)14-19-9-10-23(30)20(27)13-19/h5-14,30H,1-4H3. The number of rotatable bonds is 3. The fraction of sp³-hybridized carbons (Fsp3) is 0.154. The van der Waals surface area contributed by atoms with Crippen LogP contribution in [0.3, 0.4) is 0 Å². The molecule has 0 atom stereocenters. The van der Waals surface area contributed by atoms with Crippen molar-refractivity contribution < 1.29 is 9.90 Å². The molecule has 1 aliphatic rings. The quantitative estimate of drug-likeness (QED) is 0.382. The van der Waals surface area contributed by atoms with Crippen LogP contribution in [0.1, 0.15) is 27.8 Å². The summed E-state index contributed by atoms with van der Waals surface area (Å²) >= 11 is 4.70. The molecule has 32 heavy (non-hydrogen) atoms. The SMILES string of the molecule is Cc1ccc(C)c(N=C2SC(=Cc3ccc(O)c(Br)c3)C(=O)N2c2cc(C)ccc2C)c1. The van der Waals surface area contributed by atoms with Crippen molar-refractivity contribution in [2.75, 3.05) is 4.90 Å². The van der Waals surface area contributed by atoms with Gasteiger partial charge in [0.1, 0.15) is 5.75 Å². The second-order valence-electron chi connectivity index (χ2n) is 7.94. The van der Waals surface area contributed by atoms with Gasteiger partial charge in [-0.3, -0.25) is 9.69 Å². The smallest absolute Gasteiger partial charge is 0.271 e. The van der Waals surface area contributed by atoms with Crippen LogP contribution in [0.2, 0.25) is 0 Å². The first-order chi connectivity index (χ1) is 15.2. The minimum absolute atomic E-state index is 0.114. The van der Waals surface area contributed by atoms with Gasteiger partial charge in [0.15, 0.2) is 5.17 Å². The van der Waals surface area contributed by atoms with Gasteiger partial charge in [-0.15, -0.1) is 0 Å². The Balaban J connectivity index is 1.85. The number of hydrogen-bond acceptors (Lipinski definition) is 4. The molecular weight excluding hydrogens is 484 g/mol. The van der Waals surface area contributed by atoms with Crippen LogP contribution >= 0.6 is 27.7 Å². The number of thioether (sulfide) groups is 1. The van der Waals surface area contributed by atoms with Gasteiger partial charge in [0.2, 0.25) is 0 Å². The van der Waals surface area contributed by atoms with Gasteiger partial charge in [-0.1, -0.05) is 30.3 Å². The molecule has 0 aliphatic carbocycles. The Morgan fingerprint density at radius 3 is 2.34 bits per heavy atom. The number of phenolic OH excluding ortho intramolecular Hbond substituents is 1. The number of amides is 1. The largest absolute Gasteiger partial charge is 0.507 e. The van der Waals surface area contributed by atoms with E-state index in [2.05, 4.69) is 22.0 Å². The number of phenols is 1. The Morgan fingerprint density at radius 2 is 1.62 bits per heavy atom. The molecule has 3 aromatic rings. The topological polar surface area (TPSA) is 52.9 Å². The molecule has 162 valence electrons. The van der Waals surface area contributed by atoms with E-state index in [4.69, 9.17) is 4.99 Å². The van der Waals surface area contributed by atoms with Crippen LogP contribution in [-0.4, -0.2) is 16.2 Å². The monoisotopic (exact) mass is 506 g/mol. The number of carbonyl (C=O) groups excluding carboxylic acids is 1. The van der Waals surface area contributed by atoms with Crippen molar-refractivity contribution in [2.24, 2.45) is 4.99 Å². The van der Waals surface area contributed by atoms with Crippen LogP contribution in [0.25, 0.3) is 6.08 Å². The highest BCUT2D eigenvalue weighted by atomic mass is 79.9. The van der Waals surface area contributed by atoms with Gasteiger partial charge in [0, 0.05) is 0 Å². The highest BCUT2D eigenvalue weighted by Gasteiger charge is 2.35. The lowest BCUT2D eigenvalue weighted by atomic mass is 10.1. The second kappa shape index (κ2) is 8.96. The zero-order chi connectivity index (χ0) is 23.0. The van der Waals surface area contributed by atoms with Crippen molar-refractivity contribution in [1.82, 2.24) is 0 Å². The summed E-state index contributed by atoms with van der Waals surface area (Å²) in [6, 6.07) is 17.4. The van der Waals surface area contributed by atoms with Gasteiger partial charge >= 0.3 is 0 Å². The Labute approximate surface area is 200 Å². The van der Waals surface area contributed by atoms with Gasteiger partial charge < -0.3 is 5.11 Å². The van der Waals surface area contributed by atoms with Gasteiger partial charge in [0.25, 0.3) is 5.91 Å². The number of amidine groups is 1. The number of carbonyl (C=O) groups is 1. The number of benzene rings is 3. The summed E-state index contributed by atoms with van der Waals surface area (Å²) in [5, 5.41) is 10.4. The highest BCUT2D eigenvalue weighted by Crippen LogP contribution is 2.39. The summed E-state index contributed by atoms with van der Waals surface area (Å²) < 4.78 is 0.581. The summed E-state index contributed by atoms with van der Waals surface area (Å²) in [5.41, 5.74) is 6.76. The summed E-state index contributed by atoms with van der Waals surface area (Å²) in [5.74, 6) is 0.0451. The van der Waals surface area contributed by atoms with Crippen LogP contribution in [0, 0.1) is 27.7 Å². The van der Waals surface area contributed by atoms with E-state index < -0.39 is 0 Å². The van der Waals surface area contributed by atoms with Crippen molar-refractivity contribution in [1.29, 1.82) is 0 Å². The maximum atomic E-state index is 13.6. The third-order valence-electron chi connectivity index (χ3n) is 5.26. The van der Waals surface area contributed by atoms with E-state index in [-0.39, 0.29) is 11.7 Å². The van der Waals surface area contributed by atoms with Crippen molar-refractivity contribution in [3.05, 3.63) is 91.8 Å². The number of aliphatic imine (C=N–C) groups is 1. The molecule has 0 aromatic heterocycles. The highest BCUT2D eigenvalue weighted by molar-refractivity contribution is 9.10. The lowest BCUT2D eigenvalue weighted by molar-refractivity contribution is -0.113. The molecule has 6 heteroatoms. The lowest BCUT2D eigenvalue weighted by Gasteiger charge is -2.19. The summed E-state index contributed by atoms with van der Waals surface area (Å²) in [7, 11) is 0. The Morgan fingerprint density at radius 1 is 0.938 bits per heavy atom. The Kier molecular flexibility index (Phi) is 6.26. The van der Waals surface area contributed by atoms with Gasteiger partial charge in [-0.05, 0) is 114 Å². The molecule has 1 aliphatic heterocycles. The third kappa shape index (κ3) is 4.52. The van der Waals surface area contributed by atoms with Gasteiger partial charge in [0.05, 0.1) is 20.8 Å².